The molecule has 3 rings (SSSR count). The molecule has 8 heteroatoms. The molecule has 2 aromatic rings. The number of nitrogens with zero attached hydrogens (tertiary/aromatic N) is 2. The summed E-state index contributed by atoms with van der Waals surface area (Å²) in [5, 5.41) is 5.76. The molecule has 6 nitrogen and oxygen atoms in total. The lowest BCUT2D eigenvalue weighted by atomic mass is 9.96. The Bertz CT molecular complexity index is 1030. The molecule has 0 aromatic heterocycles. The Morgan fingerprint density at radius 1 is 1.18 bits per heavy atom. The number of amides is 1. The van der Waals surface area contributed by atoms with Crippen molar-refractivity contribution < 1.29 is 17.6 Å². The van der Waals surface area contributed by atoms with E-state index in [1.165, 1.54) is 11.1 Å². The predicted molar refractivity (Wildman–Crippen MR) is 107 cm³/mol. The van der Waals surface area contributed by atoms with Gasteiger partial charge in [0.1, 0.15) is 5.82 Å². The van der Waals surface area contributed by atoms with E-state index in [0.29, 0.717) is 22.5 Å². The molecule has 1 unspecified atom stereocenters. The zero-order valence-corrected chi connectivity index (χ0v) is 16.7. The Kier molecular flexibility index (Phi) is 5.51. The van der Waals surface area contributed by atoms with Crippen LogP contribution in [0.2, 0.25) is 0 Å². The second-order valence-electron chi connectivity index (χ2n) is 7.05. The number of anilines is 1. The van der Waals surface area contributed by atoms with Gasteiger partial charge in [-0.3, -0.25) is 9.52 Å². The van der Waals surface area contributed by atoms with Gasteiger partial charge in [0, 0.05) is 23.5 Å². The first-order valence-electron chi connectivity index (χ1n) is 8.89. The van der Waals surface area contributed by atoms with E-state index < -0.39 is 21.9 Å². The largest absolute Gasteiger partial charge is 0.283 e. The summed E-state index contributed by atoms with van der Waals surface area (Å²) < 4.78 is 40.3. The van der Waals surface area contributed by atoms with E-state index in [0.717, 1.165) is 6.26 Å². The summed E-state index contributed by atoms with van der Waals surface area (Å²) >= 11 is 0. The quantitative estimate of drug-likeness (QED) is 0.829. The number of carbonyl (C=O) groups excluding carboxylic acids is 1. The van der Waals surface area contributed by atoms with E-state index in [9.17, 15) is 17.6 Å². The van der Waals surface area contributed by atoms with Crippen LogP contribution in [0, 0.1) is 11.7 Å². The normalized spacial score (nSPS) is 17.0. The highest BCUT2D eigenvalue weighted by Gasteiger charge is 2.36. The smallest absolute Gasteiger partial charge is 0.245 e. The zero-order chi connectivity index (χ0) is 20.5. The van der Waals surface area contributed by atoms with Crippen molar-refractivity contribution in [1.82, 2.24) is 5.01 Å². The molecular formula is C20H22FN3O3S. The Morgan fingerprint density at radius 3 is 2.46 bits per heavy atom. The van der Waals surface area contributed by atoms with Gasteiger partial charge in [0.2, 0.25) is 15.9 Å². The Hall–Kier alpha value is -2.74. The molecule has 28 heavy (non-hydrogen) atoms. The average Bonchev–Trinajstić information content (AvgIpc) is 3.05. The van der Waals surface area contributed by atoms with Crippen LogP contribution >= 0.6 is 0 Å². The summed E-state index contributed by atoms with van der Waals surface area (Å²) in [5.74, 6) is -0.951. The zero-order valence-electron chi connectivity index (χ0n) is 15.9. The number of benzene rings is 2. The van der Waals surface area contributed by atoms with Gasteiger partial charge in [-0.2, -0.15) is 5.10 Å². The summed E-state index contributed by atoms with van der Waals surface area (Å²) in [6.45, 7) is 3.52. The van der Waals surface area contributed by atoms with Crippen LogP contribution in [0.15, 0.2) is 53.6 Å². The van der Waals surface area contributed by atoms with Crippen LogP contribution in [0.1, 0.15) is 37.4 Å². The molecule has 0 aliphatic carbocycles. The van der Waals surface area contributed by atoms with Crippen LogP contribution in [-0.4, -0.2) is 31.3 Å². The molecule has 1 amide bonds. The topological polar surface area (TPSA) is 78.8 Å². The van der Waals surface area contributed by atoms with Crippen LogP contribution in [0.25, 0.3) is 0 Å². The number of halogens is 1. The third-order valence-corrected chi connectivity index (χ3v) is 5.02. The molecule has 0 saturated carbocycles. The SMILES string of the molecule is CC(C)C(=O)N1N=C(c2ccccc2F)CC1c1ccccc1NS(C)(=O)=O. The number of sulfonamides is 1. The van der Waals surface area contributed by atoms with Crippen LogP contribution in [0.5, 0.6) is 0 Å². The minimum Gasteiger partial charge on any atom is -0.283 e. The lowest BCUT2D eigenvalue weighted by Crippen LogP contribution is -2.31. The molecule has 1 aliphatic heterocycles. The highest BCUT2D eigenvalue weighted by molar-refractivity contribution is 7.92. The Balaban J connectivity index is 2.06. The second kappa shape index (κ2) is 7.71. The van der Waals surface area contributed by atoms with E-state index in [1.807, 2.05) is 0 Å². The second-order valence-corrected chi connectivity index (χ2v) is 8.79. The van der Waals surface area contributed by atoms with E-state index in [4.69, 9.17) is 0 Å². The Morgan fingerprint density at radius 2 is 1.82 bits per heavy atom. The van der Waals surface area contributed by atoms with Gasteiger partial charge in [0.15, 0.2) is 0 Å². The van der Waals surface area contributed by atoms with Gasteiger partial charge in [-0.15, -0.1) is 0 Å². The number of hydrogen-bond acceptors (Lipinski definition) is 4. The number of nitrogens with one attached hydrogen (secondary N) is 1. The van der Waals surface area contributed by atoms with Crippen molar-refractivity contribution in [3.05, 3.63) is 65.5 Å². The van der Waals surface area contributed by atoms with E-state index in [-0.39, 0.29) is 18.2 Å². The maximum atomic E-state index is 14.3. The first-order chi connectivity index (χ1) is 13.2. The maximum Gasteiger partial charge on any atom is 0.245 e. The van der Waals surface area contributed by atoms with Gasteiger partial charge in [0.05, 0.1) is 23.7 Å². The fourth-order valence-corrected chi connectivity index (χ4v) is 3.74. The molecule has 1 heterocycles. The summed E-state index contributed by atoms with van der Waals surface area (Å²) in [6.07, 6.45) is 1.35. The van der Waals surface area contributed by atoms with Crippen molar-refractivity contribution in [3.63, 3.8) is 0 Å². The molecule has 0 fully saturated rings. The molecule has 148 valence electrons. The minimum atomic E-state index is -3.51. The van der Waals surface area contributed by atoms with Crippen molar-refractivity contribution in [2.75, 3.05) is 11.0 Å². The van der Waals surface area contributed by atoms with Crippen molar-refractivity contribution >= 4 is 27.3 Å². The van der Waals surface area contributed by atoms with Gasteiger partial charge in [-0.1, -0.05) is 50.2 Å². The summed E-state index contributed by atoms with van der Waals surface area (Å²) in [6, 6.07) is 12.6. The van der Waals surface area contributed by atoms with Crippen LogP contribution in [-0.2, 0) is 14.8 Å². The molecule has 1 aliphatic rings. The molecule has 2 aromatic carbocycles. The monoisotopic (exact) mass is 403 g/mol. The van der Waals surface area contributed by atoms with Crippen molar-refractivity contribution in [1.29, 1.82) is 0 Å². The number of hydrazone groups is 1. The molecular weight excluding hydrogens is 381 g/mol. The fourth-order valence-electron chi connectivity index (χ4n) is 3.16. The van der Waals surface area contributed by atoms with E-state index >= 15 is 0 Å². The summed E-state index contributed by atoms with van der Waals surface area (Å²) in [4.78, 5) is 12.8. The van der Waals surface area contributed by atoms with Gasteiger partial charge >= 0.3 is 0 Å². The molecule has 0 radical (unpaired) electrons. The van der Waals surface area contributed by atoms with Crippen molar-refractivity contribution in [2.24, 2.45) is 11.0 Å². The first-order valence-corrected chi connectivity index (χ1v) is 10.8. The van der Waals surface area contributed by atoms with Crippen LogP contribution < -0.4 is 4.72 Å². The first kappa shape index (κ1) is 20.0. The number of hydrogen-bond donors (Lipinski definition) is 1. The minimum absolute atomic E-state index is 0.217. The lowest BCUT2D eigenvalue weighted by Gasteiger charge is -2.25. The summed E-state index contributed by atoms with van der Waals surface area (Å²) in [7, 11) is -3.51. The highest BCUT2D eigenvalue weighted by Crippen LogP contribution is 2.37. The third-order valence-electron chi connectivity index (χ3n) is 4.43. The molecule has 0 bridgehead atoms. The highest BCUT2D eigenvalue weighted by atomic mass is 32.2. The number of rotatable bonds is 5. The summed E-state index contributed by atoms with van der Waals surface area (Å²) in [5.41, 5.74) is 1.77. The molecule has 1 atom stereocenters. The standard InChI is InChI=1S/C20H22FN3O3S/c1-13(2)20(25)24-19(12-18(22-24)14-8-4-6-10-16(14)21)15-9-5-7-11-17(15)23-28(3,26)27/h4-11,13,19,23H,12H2,1-3H3. The van der Waals surface area contributed by atoms with Crippen LogP contribution in [0.3, 0.4) is 0 Å². The van der Waals surface area contributed by atoms with Gasteiger partial charge < -0.3 is 0 Å². The predicted octanol–water partition coefficient (Wildman–Crippen LogP) is 3.53. The van der Waals surface area contributed by atoms with E-state index in [2.05, 4.69) is 9.82 Å². The van der Waals surface area contributed by atoms with Crippen molar-refractivity contribution in [3.8, 4) is 0 Å². The average molecular weight is 403 g/mol. The Labute approximate surface area is 164 Å². The number of para-hydroxylation sites is 1. The maximum absolute atomic E-state index is 14.3. The lowest BCUT2D eigenvalue weighted by molar-refractivity contribution is -0.136. The fraction of sp³-hybridized carbons (Fsp3) is 0.300. The van der Waals surface area contributed by atoms with Crippen LogP contribution in [0.4, 0.5) is 10.1 Å². The van der Waals surface area contributed by atoms with E-state index in [1.54, 1.807) is 56.3 Å². The van der Waals surface area contributed by atoms with Gasteiger partial charge in [0.25, 0.3) is 0 Å². The molecule has 0 saturated heterocycles. The van der Waals surface area contributed by atoms with Gasteiger partial charge in [-0.25, -0.2) is 17.8 Å². The molecule has 0 spiro atoms. The van der Waals surface area contributed by atoms with Crippen molar-refractivity contribution in [2.45, 2.75) is 26.3 Å². The molecule has 1 N–H and O–H groups in total. The third kappa shape index (κ3) is 4.22. The number of carbonyl (C=O) groups is 1. The van der Waals surface area contributed by atoms with Gasteiger partial charge in [-0.05, 0) is 12.1 Å².